The van der Waals surface area contributed by atoms with Gasteiger partial charge in [0.15, 0.2) is 0 Å². The second-order valence-electron chi connectivity index (χ2n) is 5.47. The topological polar surface area (TPSA) is 127 Å². The standard InChI is InChI=1S/C6H4N4.C6H4N2O2.C6H4N2S2/c1-5(9-3-7-1)6-2-8-4-10-6;2*1-5(3-9-7-1)6-2-8-10-4-6/h3*1-4H. The summed E-state index contributed by atoms with van der Waals surface area (Å²) in [5.41, 5.74) is 5.63. The Morgan fingerprint density at radius 1 is 0.600 bits per heavy atom. The van der Waals surface area contributed by atoms with Crippen LogP contribution in [0.5, 0.6) is 0 Å². The molecule has 12 heteroatoms. The van der Waals surface area contributed by atoms with Crippen LogP contribution in [0.2, 0.25) is 0 Å². The number of allylic oxidation sites excluding steroid dienone is 2. The van der Waals surface area contributed by atoms with Crippen molar-refractivity contribution in [2.24, 2.45) is 20.0 Å². The molecule has 0 radical (unpaired) electrons. The van der Waals surface area contributed by atoms with Crippen LogP contribution in [-0.2, 0) is 0 Å². The van der Waals surface area contributed by atoms with Crippen molar-refractivity contribution in [3.63, 3.8) is 0 Å². The van der Waals surface area contributed by atoms with Crippen molar-refractivity contribution < 1.29 is 9.05 Å². The predicted molar refractivity (Wildman–Crippen MR) is 116 cm³/mol. The summed E-state index contributed by atoms with van der Waals surface area (Å²) in [7, 11) is 0. The fourth-order valence-corrected chi connectivity index (χ4v) is 3.21. The van der Waals surface area contributed by atoms with Crippen molar-refractivity contribution in [2.75, 3.05) is 0 Å². The third-order valence-electron chi connectivity index (χ3n) is 3.58. The summed E-state index contributed by atoms with van der Waals surface area (Å²) in [6, 6.07) is 0. The molecule has 0 amide bonds. The fourth-order valence-electron chi connectivity index (χ4n) is 2.12. The molecule has 6 heterocycles. The maximum absolute atomic E-state index is 4.62. The van der Waals surface area contributed by atoms with Gasteiger partial charge in [-0.05, 0) is 23.1 Å². The Labute approximate surface area is 178 Å². The smallest absolute Gasteiger partial charge is 0.131 e. The van der Waals surface area contributed by atoms with Gasteiger partial charge in [-0.15, -0.1) is 0 Å². The first kappa shape index (κ1) is 19.4. The molecule has 2 aliphatic heterocycles. The third kappa shape index (κ3) is 5.12. The average molecular weight is 436 g/mol. The maximum Gasteiger partial charge on any atom is 0.131 e. The van der Waals surface area contributed by atoms with Gasteiger partial charge in [0.25, 0.3) is 0 Å². The highest BCUT2D eigenvalue weighted by Crippen LogP contribution is 2.20. The second-order valence-corrected chi connectivity index (χ2v) is 6.78. The quantitative estimate of drug-likeness (QED) is 0.467. The molecule has 0 aliphatic carbocycles. The number of nitrogens with zero attached hydrogens (tertiary/aromatic N) is 8. The van der Waals surface area contributed by atoms with Crippen molar-refractivity contribution in [1.29, 1.82) is 0 Å². The lowest BCUT2D eigenvalue weighted by Gasteiger charge is -1.86. The van der Waals surface area contributed by atoms with Gasteiger partial charge in [0.2, 0.25) is 0 Å². The predicted octanol–water partition coefficient (Wildman–Crippen LogP) is 4.02. The molecule has 4 aromatic heterocycles. The molecule has 0 unspecified atom stereocenters. The van der Waals surface area contributed by atoms with Gasteiger partial charge in [-0.3, -0.25) is 0 Å². The van der Waals surface area contributed by atoms with Crippen LogP contribution in [0.15, 0.2) is 88.5 Å². The van der Waals surface area contributed by atoms with E-state index in [4.69, 9.17) is 0 Å². The van der Waals surface area contributed by atoms with Crippen molar-refractivity contribution in [3.05, 3.63) is 59.5 Å². The largest absolute Gasteiger partial charge is 0.364 e. The van der Waals surface area contributed by atoms with Gasteiger partial charge in [0.1, 0.15) is 36.6 Å². The zero-order valence-corrected chi connectivity index (χ0v) is 16.8. The van der Waals surface area contributed by atoms with E-state index in [0.717, 1.165) is 22.5 Å². The average Bonchev–Trinajstić information content (AvgIpc) is 3.66. The van der Waals surface area contributed by atoms with Crippen molar-refractivity contribution in [2.45, 2.75) is 0 Å². The number of rotatable bonds is 2. The van der Waals surface area contributed by atoms with E-state index >= 15 is 0 Å². The molecule has 0 fully saturated rings. The molecule has 0 saturated heterocycles. The maximum atomic E-state index is 4.62. The molecule has 0 N–H and O–H groups in total. The minimum absolute atomic E-state index is 0.775. The molecule has 148 valence electrons. The number of aromatic nitrogens is 4. The molecular formula is C18H12N8O2S2. The van der Waals surface area contributed by atoms with E-state index in [-0.39, 0.29) is 0 Å². The first-order valence-corrected chi connectivity index (χ1v) is 10.0. The molecule has 0 aromatic carbocycles. The highest BCUT2D eigenvalue weighted by atomic mass is 32.1. The summed E-state index contributed by atoms with van der Waals surface area (Å²) < 4.78 is 17.2. The van der Waals surface area contributed by atoms with Crippen LogP contribution in [0.1, 0.15) is 0 Å². The van der Waals surface area contributed by atoms with Crippen LogP contribution in [-0.4, -0.2) is 44.2 Å². The Bertz CT molecular complexity index is 986. The summed E-state index contributed by atoms with van der Waals surface area (Å²) in [6.07, 6.45) is 16.3. The van der Waals surface area contributed by atoms with Gasteiger partial charge in [0.05, 0.1) is 24.8 Å². The van der Waals surface area contributed by atoms with Crippen molar-refractivity contribution >= 4 is 48.2 Å². The Balaban J connectivity index is 0.000000109. The fraction of sp³-hybridized carbons (Fsp3) is 0. The van der Waals surface area contributed by atoms with Crippen LogP contribution in [0.3, 0.4) is 0 Å². The molecule has 4 aromatic rings. The van der Waals surface area contributed by atoms with E-state index in [2.05, 4.69) is 48.1 Å². The molecular weight excluding hydrogens is 424 g/mol. The highest BCUT2D eigenvalue weighted by Gasteiger charge is 2.04. The molecule has 0 atom stereocenters. The molecule has 0 bridgehead atoms. The van der Waals surface area contributed by atoms with Crippen LogP contribution in [0.25, 0.3) is 22.3 Å². The van der Waals surface area contributed by atoms with E-state index in [1.54, 1.807) is 24.8 Å². The second kappa shape index (κ2) is 10.0. The lowest BCUT2D eigenvalue weighted by Crippen LogP contribution is -1.83. The summed E-state index contributed by atoms with van der Waals surface area (Å²) in [4.78, 5) is 15.5. The highest BCUT2D eigenvalue weighted by molar-refractivity contribution is 7.04. The lowest BCUT2D eigenvalue weighted by molar-refractivity contribution is 0.419. The van der Waals surface area contributed by atoms with Crippen LogP contribution < -0.4 is 0 Å². The van der Waals surface area contributed by atoms with E-state index in [1.807, 2.05) is 23.2 Å². The van der Waals surface area contributed by atoms with E-state index in [0.29, 0.717) is 0 Å². The van der Waals surface area contributed by atoms with Crippen molar-refractivity contribution in [1.82, 2.24) is 19.1 Å². The number of hydrogen-bond acceptors (Lipinski definition) is 12. The minimum atomic E-state index is 0.775. The summed E-state index contributed by atoms with van der Waals surface area (Å²) in [5, 5.41) is 11.1. The third-order valence-corrected chi connectivity index (χ3v) is 4.75. The van der Waals surface area contributed by atoms with Gasteiger partial charge in [0, 0.05) is 45.4 Å². The van der Waals surface area contributed by atoms with Gasteiger partial charge in [-0.1, -0.05) is 10.3 Å². The number of hydrogen-bond donors (Lipinski definition) is 0. The molecule has 2 aliphatic rings. The SMILES string of the molecule is C1=NC=NC1=C1C=NC=N1.c1nocc1-c1cnoc1.c1nscc1-c1cnsc1. The first-order chi connectivity index (χ1) is 14.9. The molecule has 10 nitrogen and oxygen atoms in total. The summed E-state index contributed by atoms with van der Waals surface area (Å²) in [6.45, 7) is 0. The Morgan fingerprint density at radius 3 is 1.40 bits per heavy atom. The van der Waals surface area contributed by atoms with Gasteiger partial charge >= 0.3 is 0 Å². The summed E-state index contributed by atoms with van der Waals surface area (Å²) >= 11 is 2.93. The molecule has 0 saturated carbocycles. The molecule has 30 heavy (non-hydrogen) atoms. The van der Waals surface area contributed by atoms with Gasteiger partial charge in [-0.25, -0.2) is 28.7 Å². The van der Waals surface area contributed by atoms with Crippen molar-refractivity contribution in [3.8, 4) is 22.3 Å². The zero-order valence-electron chi connectivity index (χ0n) is 15.1. The number of aliphatic imine (C=N–C) groups is 4. The first-order valence-electron chi connectivity index (χ1n) is 8.34. The summed E-state index contributed by atoms with van der Waals surface area (Å²) in [5.74, 6) is 0. The van der Waals surface area contributed by atoms with Crippen LogP contribution in [0, 0.1) is 0 Å². The Hall–Kier alpha value is -3.90. The molecule has 0 spiro atoms. The molecule has 6 rings (SSSR count). The Kier molecular flexibility index (Phi) is 6.50. The van der Waals surface area contributed by atoms with Gasteiger partial charge in [-0.2, -0.15) is 0 Å². The van der Waals surface area contributed by atoms with Crippen LogP contribution >= 0.6 is 23.1 Å². The van der Waals surface area contributed by atoms with Gasteiger partial charge < -0.3 is 9.05 Å². The van der Waals surface area contributed by atoms with E-state index < -0.39 is 0 Å². The minimum Gasteiger partial charge on any atom is -0.364 e. The normalized spacial score (nSPS) is 15.7. The van der Waals surface area contributed by atoms with E-state index in [1.165, 1.54) is 59.4 Å². The zero-order chi connectivity index (χ0) is 20.4. The monoisotopic (exact) mass is 436 g/mol. The van der Waals surface area contributed by atoms with Crippen LogP contribution in [0.4, 0.5) is 0 Å². The van der Waals surface area contributed by atoms with E-state index in [9.17, 15) is 0 Å². The Morgan fingerprint density at radius 2 is 1.10 bits per heavy atom. The lowest BCUT2D eigenvalue weighted by atomic mass is 10.2.